The fraction of sp³-hybridized carbons (Fsp3) is 0.0417. The summed E-state index contributed by atoms with van der Waals surface area (Å²) in [6.45, 7) is 0. The van der Waals surface area contributed by atoms with Crippen LogP contribution in [0.4, 0.5) is 0 Å². The SMILES string of the molecule is C1=c2oc3ccc(-c4nc(-c5ccccc5)nc(-c5cccc6oc7ccccc7c56)n4)cc3c2=C(c2nc(-c3ccccc3)nc(-c3ccccc3)n2)CC1. The third kappa shape index (κ3) is 5.46. The van der Waals surface area contributed by atoms with E-state index in [0.717, 1.165) is 89.8 Å². The molecule has 11 rings (SSSR count). The summed E-state index contributed by atoms with van der Waals surface area (Å²) in [6.07, 6.45) is 3.70. The molecule has 0 saturated carbocycles. The molecule has 0 bridgehead atoms. The van der Waals surface area contributed by atoms with Gasteiger partial charge in [-0.05, 0) is 49.2 Å². The number of hydrogen-bond acceptors (Lipinski definition) is 8. The van der Waals surface area contributed by atoms with Crippen molar-refractivity contribution in [3.05, 3.63) is 168 Å². The summed E-state index contributed by atoms with van der Waals surface area (Å²) in [5.41, 5.74) is 8.63. The van der Waals surface area contributed by atoms with Crippen LogP contribution in [0.2, 0.25) is 0 Å². The van der Waals surface area contributed by atoms with Gasteiger partial charge in [0.25, 0.3) is 0 Å². The Morgan fingerprint density at radius 3 is 1.59 bits per heavy atom. The van der Waals surface area contributed by atoms with Gasteiger partial charge >= 0.3 is 0 Å². The molecule has 4 heterocycles. The molecule has 0 aliphatic heterocycles. The monoisotopic (exact) mass is 722 g/mol. The molecule has 0 unspecified atom stereocenters. The van der Waals surface area contributed by atoms with E-state index in [2.05, 4.69) is 18.2 Å². The van der Waals surface area contributed by atoms with Crippen LogP contribution in [0.5, 0.6) is 0 Å². The number of rotatable bonds is 6. The maximum Gasteiger partial charge on any atom is 0.164 e. The smallest absolute Gasteiger partial charge is 0.164 e. The zero-order valence-electron chi connectivity index (χ0n) is 29.9. The molecule has 0 atom stereocenters. The number of hydrogen-bond donors (Lipinski definition) is 0. The van der Waals surface area contributed by atoms with E-state index in [1.165, 1.54) is 0 Å². The fourth-order valence-corrected chi connectivity index (χ4v) is 7.65. The van der Waals surface area contributed by atoms with Crippen molar-refractivity contribution in [2.45, 2.75) is 12.8 Å². The summed E-state index contributed by atoms with van der Waals surface area (Å²) >= 11 is 0. The highest BCUT2D eigenvalue weighted by molar-refractivity contribution is 6.11. The molecule has 8 heteroatoms. The lowest BCUT2D eigenvalue weighted by molar-refractivity contribution is 0.571. The summed E-state index contributed by atoms with van der Waals surface area (Å²) in [6, 6.07) is 50.3. The maximum atomic E-state index is 6.52. The lowest BCUT2D eigenvalue weighted by Gasteiger charge is -2.12. The largest absolute Gasteiger partial charge is 0.456 e. The van der Waals surface area contributed by atoms with Crippen molar-refractivity contribution < 1.29 is 8.83 Å². The number of benzene rings is 6. The molecule has 0 fully saturated rings. The van der Waals surface area contributed by atoms with Gasteiger partial charge in [-0.3, -0.25) is 0 Å². The summed E-state index contributed by atoms with van der Waals surface area (Å²) in [4.78, 5) is 30.4. The fourth-order valence-electron chi connectivity index (χ4n) is 7.65. The Morgan fingerprint density at radius 2 is 0.929 bits per heavy atom. The quantitative estimate of drug-likeness (QED) is 0.167. The van der Waals surface area contributed by atoms with Gasteiger partial charge in [-0.2, -0.15) is 0 Å². The first kappa shape index (κ1) is 31.9. The van der Waals surface area contributed by atoms with Crippen LogP contribution in [0.3, 0.4) is 0 Å². The highest BCUT2D eigenvalue weighted by Gasteiger charge is 2.21. The van der Waals surface area contributed by atoms with Gasteiger partial charge in [0.05, 0.1) is 0 Å². The number of nitrogens with zero attached hydrogens (tertiary/aromatic N) is 6. The molecular weight excluding hydrogens is 693 g/mol. The molecule has 1 aliphatic rings. The van der Waals surface area contributed by atoms with E-state index in [1.807, 2.05) is 140 Å². The number of para-hydroxylation sites is 1. The van der Waals surface area contributed by atoms with Crippen molar-refractivity contribution in [3.63, 3.8) is 0 Å². The Balaban J connectivity index is 1.13. The van der Waals surface area contributed by atoms with Crippen LogP contribution >= 0.6 is 0 Å². The highest BCUT2D eigenvalue weighted by atomic mass is 16.3. The molecule has 0 spiro atoms. The molecular formula is C48H30N6O2. The van der Waals surface area contributed by atoms with Crippen molar-refractivity contribution in [2.75, 3.05) is 0 Å². The minimum absolute atomic E-state index is 0.551. The highest BCUT2D eigenvalue weighted by Crippen LogP contribution is 2.37. The molecule has 0 saturated heterocycles. The molecule has 264 valence electrons. The van der Waals surface area contributed by atoms with Crippen molar-refractivity contribution >= 4 is 44.6 Å². The molecule has 56 heavy (non-hydrogen) atoms. The van der Waals surface area contributed by atoms with Gasteiger partial charge < -0.3 is 8.83 Å². The summed E-state index contributed by atoms with van der Waals surface area (Å²) in [5.74, 6) is 3.57. The Labute approximate surface area is 320 Å². The van der Waals surface area contributed by atoms with Gasteiger partial charge in [0.15, 0.2) is 34.9 Å². The van der Waals surface area contributed by atoms with E-state index in [1.54, 1.807) is 0 Å². The molecule has 6 aromatic carbocycles. The topological polar surface area (TPSA) is 104 Å². The lowest BCUT2D eigenvalue weighted by atomic mass is 9.99. The van der Waals surface area contributed by atoms with Gasteiger partial charge in [0.1, 0.15) is 22.2 Å². The second kappa shape index (κ2) is 13.1. The van der Waals surface area contributed by atoms with Crippen molar-refractivity contribution in [1.29, 1.82) is 0 Å². The normalized spacial score (nSPS) is 12.6. The van der Waals surface area contributed by atoms with E-state index in [4.69, 9.17) is 38.7 Å². The van der Waals surface area contributed by atoms with E-state index in [0.29, 0.717) is 34.9 Å². The summed E-state index contributed by atoms with van der Waals surface area (Å²) in [7, 11) is 0. The van der Waals surface area contributed by atoms with E-state index in [9.17, 15) is 0 Å². The van der Waals surface area contributed by atoms with Crippen LogP contribution in [0.1, 0.15) is 18.7 Å². The van der Waals surface area contributed by atoms with Crippen molar-refractivity contribution in [3.8, 4) is 56.9 Å². The number of aromatic nitrogens is 6. The standard InChI is InChI=1S/C48H30N6O2/c1-4-14-29(15-5-1)43-49-44(30-16-6-2-7-17-30)52-48(51-43)35-22-13-25-40-42(35)36-28-32(26-27-38(36)56-40)46-50-45(31-18-8-3-9-19-31)53-47(54-46)34-21-12-24-39-41(34)33-20-10-11-23-37(33)55-39/h1-12,14-21,23-28H,13,22H2. The van der Waals surface area contributed by atoms with Crippen molar-refractivity contribution in [1.82, 2.24) is 29.9 Å². The molecule has 0 radical (unpaired) electrons. The van der Waals surface area contributed by atoms with Crippen LogP contribution in [0.25, 0.3) is 101 Å². The molecule has 1 aliphatic carbocycles. The third-order valence-electron chi connectivity index (χ3n) is 10.3. The maximum absolute atomic E-state index is 6.52. The predicted molar refractivity (Wildman–Crippen MR) is 219 cm³/mol. The summed E-state index contributed by atoms with van der Waals surface area (Å²) in [5, 5.41) is 3.90. The van der Waals surface area contributed by atoms with Crippen LogP contribution in [0, 0.1) is 0 Å². The number of furan rings is 2. The van der Waals surface area contributed by atoms with E-state index in [-0.39, 0.29) is 0 Å². The molecule has 10 aromatic rings. The molecule has 4 aromatic heterocycles. The number of fused-ring (bicyclic) bond motifs is 6. The van der Waals surface area contributed by atoms with Gasteiger partial charge in [-0.1, -0.05) is 121 Å². The first-order valence-corrected chi connectivity index (χ1v) is 18.6. The third-order valence-corrected chi connectivity index (χ3v) is 10.3. The van der Waals surface area contributed by atoms with Crippen LogP contribution < -0.4 is 10.6 Å². The minimum Gasteiger partial charge on any atom is -0.456 e. The molecule has 8 nitrogen and oxygen atoms in total. The van der Waals surface area contributed by atoms with Gasteiger partial charge in [0, 0.05) is 54.8 Å². The average molecular weight is 723 g/mol. The van der Waals surface area contributed by atoms with E-state index < -0.39 is 0 Å². The summed E-state index contributed by atoms with van der Waals surface area (Å²) < 4.78 is 12.8. The Hall–Kier alpha value is -7.58. The van der Waals surface area contributed by atoms with Crippen LogP contribution in [0.15, 0.2) is 160 Å². The first-order valence-electron chi connectivity index (χ1n) is 18.6. The Morgan fingerprint density at radius 1 is 0.393 bits per heavy atom. The van der Waals surface area contributed by atoms with Crippen LogP contribution in [-0.4, -0.2) is 29.9 Å². The Kier molecular flexibility index (Phi) is 7.45. The van der Waals surface area contributed by atoms with Gasteiger partial charge in [-0.25, -0.2) is 29.9 Å². The van der Waals surface area contributed by atoms with E-state index >= 15 is 0 Å². The van der Waals surface area contributed by atoms with Gasteiger partial charge in [0.2, 0.25) is 0 Å². The molecule has 0 N–H and O–H groups in total. The second-order valence-corrected chi connectivity index (χ2v) is 13.8. The van der Waals surface area contributed by atoms with Gasteiger partial charge in [-0.15, -0.1) is 0 Å². The predicted octanol–water partition coefficient (Wildman–Crippen LogP) is 9.81. The zero-order chi connectivity index (χ0) is 37.0. The lowest BCUT2D eigenvalue weighted by Crippen LogP contribution is -2.27. The second-order valence-electron chi connectivity index (χ2n) is 13.8. The van der Waals surface area contributed by atoms with Crippen molar-refractivity contribution in [2.24, 2.45) is 0 Å². The average Bonchev–Trinajstić information content (AvgIpc) is 3.85. The molecule has 0 amide bonds. The zero-order valence-corrected chi connectivity index (χ0v) is 29.9. The minimum atomic E-state index is 0.551. The van der Waals surface area contributed by atoms with Crippen LogP contribution in [-0.2, 0) is 0 Å². The Bertz CT molecular complexity index is 3190. The first-order chi connectivity index (χ1) is 27.7.